The van der Waals surface area contributed by atoms with E-state index in [0.29, 0.717) is 48.5 Å². The van der Waals surface area contributed by atoms with Crippen molar-refractivity contribution in [3.05, 3.63) is 42.4 Å². The molecule has 28 heavy (non-hydrogen) atoms. The third-order valence-corrected chi connectivity index (χ3v) is 6.85. The Morgan fingerprint density at radius 2 is 2.07 bits per heavy atom. The summed E-state index contributed by atoms with van der Waals surface area (Å²) in [6.07, 6.45) is 3.41. The molecule has 0 bridgehead atoms. The maximum Gasteiger partial charge on any atom is 0.322 e. The topological polar surface area (TPSA) is 114 Å². The van der Waals surface area contributed by atoms with Crippen LogP contribution in [0.25, 0.3) is 11.0 Å². The molecule has 0 radical (unpaired) electrons. The SMILES string of the molecule is O=C1NCCN1c1cnn(C2CN(S(=O)(=O)Cc3noc4ccccc34)C2)c1. The van der Waals surface area contributed by atoms with Crippen molar-refractivity contribution in [2.24, 2.45) is 0 Å². The van der Waals surface area contributed by atoms with E-state index in [1.165, 1.54) is 4.31 Å². The van der Waals surface area contributed by atoms with Crippen LogP contribution in [0.4, 0.5) is 10.5 Å². The first-order valence-corrected chi connectivity index (χ1v) is 10.5. The van der Waals surface area contributed by atoms with Crippen LogP contribution >= 0.6 is 0 Å². The summed E-state index contributed by atoms with van der Waals surface area (Å²) in [5, 5.41) is 11.7. The number of anilines is 1. The van der Waals surface area contributed by atoms with Crippen molar-refractivity contribution >= 4 is 32.7 Å². The fraction of sp³-hybridized carbons (Fsp3) is 0.353. The molecule has 2 aliphatic heterocycles. The highest BCUT2D eigenvalue weighted by molar-refractivity contribution is 7.88. The van der Waals surface area contributed by atoms with E-state index in [1.807, 2.05) is 12.1 Å². The van der Waals surface area contributed by atoms with Gasteiger partial charge >= 0.3 is 6.03 Å². The van der Waals surface area contributed by atoms with Gasteiger partial charge in [0.05, 0.1) is 17.9 Å². The van der Waals surface area contributed by atoms with Crippen LogP contribution in [-0.4, -0.2) is 59.9 Å². The summed E-state index contributed by atoms with van der Waals surface area (Å²) in [7, 11) is -3.50. The predicted octanol–water partition coefficient (Wildman–Crippen LogP) is 0.941. The summed E-state index contributed by atoms with van der Waals surface area (Å²) in [5.74, 6) is -0.199. The maximum atomic E-state index is 12.7. The van der Waals surface area contributed by atoms with Gasteiger partial charge in [0.25, 0.3) is 0 Å². The molecule has 2 amide bonds. The van der Waals surface area contributed by atoms with Gasteiger partial charge in [-0.15, -0.1) is 0 Å². The van der Waals surface area contributed by atoms with Crippen molar-refractivity contribution in [3.8, 4) is 0 Å². The van der Waals surface area contributed by atoms with Gasteiger partial charge in [-0.25, -0.2) is 13.2 Å². The van der Waals surface area contributed by atoms with Gasteiger partial charge < -0.3 is 9.84 Å². The summed E-state index contributed by atoms with van der Waals surface area (Å²) >= 11 is 0. The van der Waals surface area contributed by atoms with E-state index in [9.17, 15) is 13.2 Å². The summed E-state index contributed by atoms with van der Waals surface area (Å²) in [4.78, 5) is 13.4. The molecule has 1 N–H and O–H groups in total. The average molecular weight is 402 g/mol. The van der Waals surface area contributed by atoms with Gasteiger partial charge in [0.1, 0.15) is 11.4 Å². The number of sulfonamides is 1. The first kappa shape index (κ1) is 17.2. The molecule has 2 aliphatic rings. The van der Waals surface area contributed by atoms with E-state index >= 15 is 0 Å². The molecule has 10 nitrogen and oxygen atoms in total. The Bertz CT molecular complexity index is 1150. The second kappa shape index (κ2) is 6.31. The molecule has 1 aromatic carbocycles. The van der Waals surface area contributed by atoms with Crippen LogP contribution in [0.1, 0.15) is 11.7 Å². The number of carbonyl (C=O) groups excluding carboxylic acids is 1. The van der Waals surface area contributed by atoms with E-state index < -0.39 is 10.0 Å². The number of hydrogen-bond acceptors (Lipinski definition) is 6. The van der Waals surface area contributed by atoms with Crippen LogP contribution in [0.3, 0.4) is 0 Å². The summed E-state index contributed by atoms with van der Waals surface area (Å²) in [5.41, 5.74) is 1.70. The van der Waals surface area contributed by atoms with E-state index in [2.05, 4.69) is 15.6 Å². The van der Waals surface area contributed by atoms with Gasteiger partial charge in [-0.3, -0.25) is 9.58 Å². The fourth-order valence-corrected chi connectivity index (χ4v) is 5.04. The molecule has 4 heterocycles. The Kier molecular flexibility index (Phi) is 3.88. The molecule has 0 spiro atoms. The number of nitrogens with zero attached hydrogens (tertiary/aromatic N) is 5. The Balaban J connectivity index is 1.26. The van der Waals surface area contributed by atoms with E-state index in [4.69, 9.17) is 4.52 Å². The molecular weight excluding hydrogens is 384 g/mol. The molecule has 0 saturated carbocycles. The predicted molar refractivity (Wildman–Crippen MR) is 100 cm³/mol. The second-order valence-corrected chi connectivity index (χ2v) is 8.88. The summed E-state index contributed by atoms with van der Waals surface area (Å²) in [6, 6.07) is 7.00. The smallest absolute Gasteiger partial charge is 0.322 e. The fourth-order valence-electron chi connectivity index (χ4n) is 3.50. The van der Waals surface area contributed by atoms with E-state index in [1.54, 1.807) is 34.1 Å². The minimum Gasteiger partial charge on any atom is -0.356 e. The largest absolute Gasteiger partial charge is 0.356 e. The molecule has 3 aromatic rings. The number of para-hydroxylation sites is 1. The number of aromatic nitrogens is 3. The molecule has 0 unspecified atom stereocenters. The normalized spacial score (nSPS) is 18.6. The van der Waals surface area contributed by atoms with Crippen molar-refractivity contribution < 1.29 is 17.7 Å². The van der Waals surface area contributed by atoms with Crippen LogP contribution in [0.2, 0.25) is 0 Å². The summed E-state index contributed by atoms with van der Waals surface area (Å²) in [6.45, 7) is 1.88. The van der Waals surface area contributed by atoms with Crippen molar-refractivity contribution in [2.75, 3.05) is 31.1 Å². The van der Waals surface area contributed by atoms with E-state index in [0.717, 1.165) is 0 Å². The number of benzene rings is 1. The molecule has 0 aliphatic carbocycles. The van der Waals surface area contributed by atoms with Crippen molar-refractivity contribution in [3.63, 3.8) is 0 Å². The lowest BCUT2D eigenvalue weighted by atomic mass is 10.2. The second-order valence-electron chi connectivity index (χ2n) is 6.91. The average Bonchev–Trinajstić information content (AvgIpc) is 3.34. The van der Waals surface area contributed by atoms with Gasteiger partial charge in [0.15, 0.2) is 5.58 Å². The van der Waals surface area contributed by atoms with Gasteiger partial charge in [-0.1, -0.05) is 17.3 Å². The zero-order chi connectivity index (χ0) is 19.3. The standard InChI is InChI=1S/C17H18N6O4S/c24-17-18-5-6-22(17)12-7-19-23(10-12)13-8-21(9-13)28(25,26)11-15-14-3-1-2-4-16(14)27-20-15/h1-4,7,10,13H,5-6,8-9,11H2,(H,18,24). The third-order valence-electron chi connectivity index (χ3n) is 5.12. The molecule has 146 valence electrons. The Hall–Kier alpha value is -2.92. The zero-order valence-corrected chi connectivity index (χ0v) is 15.7. The highest BCUT2D eigenvalue weighted by atomic mass is 32.2. The summed E-state index contributed by atoms with van der Waals surface area (Å²) < 4.78 is 33.8. The highest BCUT2D eigenvalue weighted by Gasteiger charge is 2.38. The van der Waals surface area contributed by atoms with Crippen LogP contribution in [0.5, 0.6) is 0 Å². The lowest BCUT2D eigenvalue weighted by molar-refractivity contribution is 0.191. The first-order valence-electron chi connectivity index (χ1n) is 8.92. The minimum atomic E-state index is -3.50. The molecule has 2 saturated heterocycles. The molecule has 11 heteroatoms. The van der Waals surface area contributed by atoms with Gasteiger partial charge in [0.2, 0.25) is 10.0 Å². The molecule has 0 atom stereocenters. The van der Waals surface area contributed by atoms with Crippen molar-refractivity contribution in [1.82, 2.24) is 24.6 Å². The molecular formula is C17H18N6O4S. The quantitative estimate of drug-likeness (QED) is 0.679. The molecule has 2 aromatic heterocycles. The van der Waals surface area contributed by atoms with Crippen LogP contribution in [-0.2, 0) is 15.8 Å². The minimum absolute atomic E-state index is 0.0526. The van der Waals surface area contributed by atoms with Crippen LogP contribution in [0.15, 0.2) is 41.2 Å². The maximum absolute atomic E-state index is 12.7. The van der Waals surface area contributed by atoms with Crippen molar-refractivity contribution in [2.45, 2.75) is 11.8 Å². The molecule has 2 fully saturated rings. The van der Waals surface area contributed by atoms with Crippen LogP contribution in [0, 0.1) is 0 Å². The van der Waals surface area contributed by atoms with Crippen molar-refractivity contribution in [1.29, 1.82) is 0 Å². The number of nitrogens with one attached hydrogen (secondary N) is 1. The number of amides is 2. The zero-order valence-electron chi connectivity index (χ0n) is 14.9. The number of fused-ring (bicyclic) bond motifs is 1. The Morgan fingerprint density at radius 3 is 2.86 bits per heavy atom. The lowest BCUT2D eigenvalue weighted by Crippen LogP contribution is -2.51. The first-order chi connectivity index (χ1) is 13.5. The monoisotopic (exact) mass is 402 g/mol. The van der Waals surface area contributed by atoms with Gasteiger partial charge in [0, 0.05) is 37.8 Å². The van der Waals surface area contributed by atoms with Crippen LogP contribution < -0.4 is 10.2 Å². The number of carbonyl (C=O) groups is 1. The Morgan fingerprint density at radius 1 is 1.25 bits per heavy atom. The van der Waals surface area contributed by atoms with E-state index in [-0.39, 0.29) is 17.8 Å². The van der Waals surface area contributed by atoms with Gasteiger partial charge in [-0.05, 0) is 12.1 Å². The van der Waals surface area contributed by atoms with Gasteiger partial charge in [-0.2, -0.15) is 9.40 Å². The Labute approximate surface area is 160 Å². The lowest BCUT2D eigenvalue weighted by Gasteiger charge is -2.37. The number of rotatable bonds is 5. The molecule has 5 rings (SSSR count). The number of hydrogen-bond donors (Lipinski definition) is 1. The third kappa shape index (κ3) is 2.83. The number of urea groups is 1. The highest BCUT2D eigenvalue weighted by Crippen LogP contribution is 2.29.